The molecule has 2 rings (SSSR count). The Morgan fingerprint density at radius 1 is 1.50 bits per heavy atom. The van der Waals surface area contributed by atoms with Crippen molar-refractivity contribution in [3.63, 3.8) is 0 Å². The summed E-state index contributed by atoms with van der Waals surface area (Å²) in [6.45, 7) is 0.591. The van der Waals surface area contributed by atoms with Gasteiger partial charge >= 0.3 is 0 Å². The van der Waals surface area contributed by atoms with Gasteiger partial charge in [-0.15, -0.1) is 0 Å². The van der Waals surface area contributed by atoms with Gasteiger partial charge in [-0.1, -0.05) is 0 Å². The van der Waals surface area contributed by atoms with E-state index in [9.17, 15) is 9.59 Å². The molecule has 0 spiro atoms. The van der Waals surface area contributed by atoms with Crippen LogP contribution in [0.2, 0.25) is 0 Å². The van der Waals surface area contributed by atoms with E-state index in [2.05, 4.69) is 5.32 Å². The van der Waals surface area contributed by atoms with E-state index in [0.717, 1.165) is 6.42 Å². The quantitative estimate of drug-likeness (QED) is 0.461. The molecule has 12 heavy (non-hydrogen) atoms. The van der Waals surface area contributed by atoms with Crippen molar-refractivity contribution in [3.05, 3.63) is 0 Å². The zero-order chi connectivity index (χ0) is 8.72. The first-order valence-corrected chi connectivity index (χ1v) is 3.99. The fourth-order valence-electron chi connectivity index (χ4n) is 1.75. The fourth-order valence-corrected chi connectivity index (χ4v) is 1.75. The van der Waals surface area contributed by atoms with Crippen molar-refractivity contribution < 1.29 is 14.7 Å². The molecule has 2 amide bonds. The van der Waals surface area contributed by atoms with Crippen LogP contribution in [0.15, 0.2) is 0 Å². The van der Waals surface area contributed by atoms with Gasteiger partial charge in [-0.2, -0.15) is 0 Å². The minimum Gasteiger partial charge on any atom is -0.365 e. The lowest BCUT2D eigenvalue weighted by molar-refractivity contribution is -0.156. The minimum absolute atomic E-state index is 0.236. The molecular formula is C7H10N2O3. The normalized spacial score (nSPS) is 34.9. The number of nitrogens with zero attached hydrogens (tertiary/aromatic N) is 1. The maximum atomic E-state index is 11.2. The number of carbonyl (C=O) groups is 2. The van der Waals surface area contributed by atoms with Gasteiger partial charge in [0.25, 0.3) is 5.91 Å². The standard InChI is InChI=1S/C7H10N2O3/c10-5-4-2-1-3-9(4)7(12)6(11)8-5/h4,6,11H,1-3H2,(H,8,10)/t4-,6?/m0/s1. The molecule has 2 aliphatic heterocycles. The molecular weight excluding hydrogens is 160 g/mol. The molecule has 2 N–H and O–H groups in total. The average Bonchev–Trinajstić information content (AvgIpc) is 2.48. The molecule has 0 aromatic rings. The average molecular weight is 170 g/mol. The maximum absolute atomic E-state index is 11.2. The van der Waals surface area contributed by atoms with Crippen molar-refractivity contribution in [2.24, 2.45) is 0 Å². The predicted octanol–water partition coefficient (Wildman–Crippen LogP) is -1.57. The molecule has 0 saturated carbocycles. The number of aliphatic hydroxyl groups excluding tert-OH is 1. The van der Waals surface area contributed by atoms with Gasteiger partial charge in [0.05, 0.1) is 0 Å². The number of hydrogen-bond acceptors (Lipinski definition) is 3. The van der Waals surface area contributed by atoms with Crippen LogP contribution >= 0.6 is 0 Å². The van der Waals surface area contributed by atoms with Crippen LogP contribution in [0.1, 0.15) is 12.8 Å². The molecule has 5 heteroatoms. The van der Waals surface area contributed by atoms with Crippen molar-refractivity contribution in [2.45, 2.75) is 25.1 Å². The van der Waals surface area contributed by atoms with Gasteiger partial charge in [-0.05, 0) is 12.8 Å². The van der Waals surface area contributed by atoms with Crippen LogP contribution in [0.4, 0.5) is 0 Å². The Hall–Kier alpha value is -1.10. The third-order valence-electron chi connectivity index (χ3n) is 2.35. The summed E-state index contributed by atoms with van der Waals surface area (Å²) in [7, 11) is 0. The molecule has 2 atom stereocenters. The van der Waals surface area contributed by atoms with Crippen LogP contribution in [0, 0.1) is 0 Å². The third-order valence-corrected chi connectivity index (χ3v) is 2.35. The first-order chi connectivity index (χ1) is 5.70. The summed E-state index contributed by atoms with van der Waals surface area (Å²) in [5, 5.41) is 11.3. The molecule has 0 aromatic heterocycles. The molecule has 2 heterocycles. The van der Waals surface area contributed by atoms with Crippen molar-refractivity contribution in [1.29, 1.82) is 0 Å². The van der Waals surface area contributed by atoms with E-state index in [1.54, 1.807) is 0 Å². The van der Waals surface area contributed by atoms with Crippen LogP contribution in [0.5, 0.6) is 0 Å². The number of fused-ring (bicyclic) bond motifs is 1. The molecule has 2 fully saturated rings. The molecule has 0 radical (unpaired) electrons. The van der Waals surface area contributed by atoms with E-state index in [1.807, 2.05) is 0 Å². The number of nitrogens with one attached hydrogen (secondary N) is 1. The summed E-state index contributed by atoms with van der Waals surface area (Å²) in [6, 6.07) is -0.333. The molecule has 5 nitrogen and oxygen atoms in total. The van der Waals surface area contributed by atoms with Crippen LogP contribution < -0.4 is 5.32 Å². The topological polar surface area (TPSA) is 69.6 Å². The number of rotatable bonds is 0. The largest absolute Gasteiger partial charge is 0.365 e. The summed E-state index contributed by atoms with van der Waals surface area (Å²) < 4.78 is 0. The van der Waals surface area contributed by atoms with Crippen molar-refractivity contribution in [2.75, 3.05) is 6.54 Å². The third kappa shape index (κ3) is 0.896. The lowest BCUT2D eigenvalue weighted by Gasteiger charge is -2.31. The minimum atomic E-state index is -1.33. The highest BCUT2D eigenvalue weighted by atomic mass is 16.3. The lowest BCUT2D eigenvalue weighted by atomic mass is 10.1. The Balaban J connectivity index is 2.23. The summed E-state index contributed by atoms with van der Waals surface area (Å²) in [6.07, 6.45) is 0.229. The van der Waals surface area contributed by atoms with Crippen molar-refractivity contribution in [1.82, 2.24) is 10.2 Å². The number of hydrogen-bond donors (Lipinski definition) is 2. The first kappa shape index (κ1) is 7.54. The Morgan fingerprint density at radius 2 is 2.25 bits per heavy atom. The predicted molar refractivity (Wildman–Crippen MR) is 38.9 cm³/mol. The van der Waals surface area contributed by atoms with E-state index >= 15 is 0 Å². The smallest absolute Gasteiger partial charge is 0.273 e. The van der Waals surface area contributed by atoms with E-state index in [4.69, 9.17) is 5.11 Å². The first-order valence-electron chi connectivity index (χ1n) is 3.99. The SMILES string of the molecule is O=C1NC(O)C(=O)N2CCC[C@@H]12. The van der Waals surface area contributed by atoms with Crippen LogP contribution in [-0.2, 0) is 9.59 Å². The molecule has 0 bridgehead atoms. The lowest BCUT2D eigenvalue weighted by Crippen LogP contribution is -2.60. The van der Waals surface area contributed by atoms with Crippen molar-refractivity contribution in [3.8, 4) is 0 Å². The zero-order valence-corrected chi connectivity index (χ0v) is 6.49. The second-order valence-corrected chi connectivity index (χ2v) is 3.10. The molecule has 0 aromatic carbocycles. The number of piperazine rings is 1. The zero-order valence-electron chi connectivity index (χ0n) is 6.49. The molecule has 66 valence electrons. The van der Waals surface area contributed by atoms with Gasteiger partial charge in [-0.25, -0.2) is 0 Å². The highest BCUT2D eigenvalue weighted by molar-refractivity contribution is 5.96. The van der Waals surface area contributed by atoms with E-state index < -0.39 is 6.23 Å². The number of aliphatic hydroxyl groups is 1. The molecule has 1 unspecified atom stereocenters. The maximum Gasteiger partial charge on any atom is 0.273 e. The van der Waals surface area contributed by atoms with Crippen molar-refractivity contribution >= 4 is 11.8 Å². The van der Waals surface area contributed by atoms with E-state index in [-0.39, 0.29) is 17.9 Å². The highest BCUT2D eigenvalue weighted by Gasteiger charge is 2.42. The summed E-state index contributed by atoms with van der Waals surface area (Å²) in [4.78, 5) is 23.8. The van der Waals surface area contributed by atoms with Gasteiger partial charge < -0.3 is 15.3 Å². The Morgan fingerprint density at radius 3 is 3.00 bits per heavy atom. The van der Waals surface area contributed by atoms with Gasteiger partial charge in [0.2, 0.25) is 12.1 Å². The van der Waals surface area contributed by atoms with Gasteiger partial charge in [0, 0.05) is 6.54 Å². The van der Waals surface area contributed by atoms with Gasteiger partial charge in [-0.3, -0.25) is 9.59 Å². The molecule has 2 aliphatic rings. The van der Waals surface area contributed by atoms with Gasteiger partial charge in [0.1, 0.15) is 6.04 Å². The second-order valence-electron chi connectivity index (χ2n) is 3.10. The second kappa shape index (κ2) is 2.45. The Kier molecular flexibility index (Phi) is 1.54. The summed E-state index contributed by atoms with van der Waals surface area (Å²) in [5.74, 6) is -0.614. The molecule has 0 aliphatic carbocycles. The monoisotopic (exact) mass is 170 g/mol. The highest BCUT2D eigenvalue weighted by Crippen LogP contribution is 2.20. The number of amides is 2. The van der Waals surface area contributed by atoms with Crippen LogP contribution in [-0.4, -0.2) is 40.6 Å². The van der Waals surface area contributed by atoms with E-state index in [0.29, 0.717) is 13.0 Å². The summed E-state index contributed by atoms with van der Waals surface area (Å²) >= 11 is 0. The van der Waals surface area contributed by atoms with Crippen LogP contribution in [0.25, 0.3) is 0 Å². The fraction of sp³-hybridized carbons (Fsp3) is 0.714. The van der Waals surface area contributed by atoms with Crippen LogP contribution in [0.3, 0.4) is 0 Å². The van der Waals surface area contributed by atoms with E-state index in [1.165, 1.54) is 4.90 Å². The van der Waals surface area contributed by atoms with Gasteiger partial charge in [0.15, 0.2) is 0 Å². The molecule has 2 saturated heterocycles. The Bertz CT molecular complexity index is 241. The summed E-state index contributed by atoms with van der Waals surface area (Å²) in [5.41, 5.74) is 0. The number of carbonyl (C=O) groups excluding carboxylic acids is 2. The Labute approximate surface area is 69.3 Å².